The van der Waals surface area contributed by atoms with Gasteiger partial charge in [-0.3, -0.25) is 0 Å². The van der Waals surface area contributed by atoms with Gasteiger partial charge in [0.2, 0.25) is 5.95 Å². The first-order valence-corrected chi connectivity index (χ1v) is 9.87. The fourth-order valence-corrected chi connectivity index (χ4v) is 4.10. The topological polar surface area (TPSA) is 67.1 Å². The van der Waals surface area contributed by atoms with Gasteiger partial charge in [0.1, 0.15) is 5.82 Å². The predicted molar refractivity (Wildman–Crippen MR) is 106 cm³/mol. The number of nitrogens with one attached hydrogen (secondary N) is 1. The molecule has 27 heavy (non-hydrogen) atoms. The summed E-state index contributed by atoms with van der Waals surface area (Å²) in [7, 11) is 0. The summed E-state index contributed by atoms with van der Waals surface area (Å²) < 4.78 is 30.1. The van der Waals surface area contributed by atoms with Crippen LogP contribution in [0.3, 0.4) is 0 Å². The Hall–Kier alpha value is -2.32. The minimum absolute atomic E-state index is 0.102. The van der Waals surface area contributed by atoms with Gasteiger partial charge in [-0.2, -0.15) is 4.98 Å². The predicted octanol–water partition coefficient (Wildman–Crippen LogP) is 3.95. The van der Waals surface area contributed by atoms with E-state index in [1.165, 1.54) is 6.07 Å². The Balaban J connectivity index is 1.70. The standard InChI is InChI=1S/C19H21F2N5S/c20-19(21)7-10-26(12-13-4-1-2-5-14(13)19)18-24-15-6-11-27-16(15)17(25-18)23-9-3-8-22/h1-2,4-6,11H,3,7-10,12,22H2,(H,23,24,25). The molecule has 8 heteroatoms. The maximum absolute atomic E-state index is 14.5. The van der Waals surface area contributed by atoms with E-state index in [0.29, 0.717) is 31.1 Å². The molecule has 0 fully saturated rings. The number of benzene rings is 1. The third-order valence-corrected chi connectivity index (χ3v) is 5.63. The van der Waals surface area contributed by atoms with Crippen molar-refractivity contribution in [2.45, 2.75) is 25.3 Å². The molecule has 1 aliphatic heterocycles. The molecular formula is C19H21F2N5S. The lowest BCUT2D eigenvalue weighted by Crippen LogP contribution is -2.26. The lowest BCUT2D eigenvalue weighted by atomic mass is 10.0. The Kier molecular flexibility index (Phi) is 4.92. The molecule has 0 saturated heterocycles. The van der Waals surface area contributed by atoms with Gasteiger partial charge in [-0.1, -0.05) is 24.3 Å². The van der Waals surface area contributed by atoms with Crippen LogP contribution in [0.2, 0.25) is 0 Å². The lowest BCUT2D eigenvalue weighted by Gasteiger charge is -2.21. The number of hydrogen-bond acceptors (Lipinski definition) is 6. The van der Waals surface area contributed by atoms with Gasteiger partial charge in [-0.05, 0) is 30.0 Å². The molecule has 4 rings (SSSR count). The van der Waals surface area contributed by atoms with E-state index in [-0.39, 0.29) is 18.5 Å². The van der Waals surface area contributed by atoms with Gasteiger partial charge in [0.05, 0.1) is 10.2 Å². The normalized spacial score (nSPS) is 16.2. The molecule has 3 N–H and O–H groups in total. The second kappa shape index (κ2) is 7.36. The van der Waals surface area contributed by atoms with Gasteiger partial charge in [-0.15, -0.1) is 11.3 Å². The van der Waals surface area contributed by atoms with Crippen molar-refractivity contribution in [3.63, 3.8) is 0 Å². The number of nitrogens with two attached hydrogens (primary N) is 1. The molecule has 1 aliphatic rings. The number of alkyl halides is 2. The van der Waals surface area contributed by atoms with Gasteiger partial charge in [0, 0.05) is 31.6 Å². The van der Waals surface area contributed by atoms with Crippen LogP contribution in [0.4, 0.5) is 20.5 Å². The molecular weight excluding hydrogens is 368 g/mol. The number of fused-ring (bicyclic) bond motifs is 2. The molecule has 2 aromatic heterocycles. The fraction of sp³-hybridized carbons (Fsp3) is 0.368. The molecule has 0 radical (unpaired) electrons. The first kappa shape index (κ1) is 18.1. The molecule has 3 aromatic rings. The van der Waals surface area contributed by atoms with E-state index in [4.69, 9.17) is 5.73 Å². The van der Waals surface area contributed by atoms with Gasteiger partial charge in [0.25, 0.3) is 5.92 Å². The summed E-state index contributed by atoms with van der Waals surface area (Å²) in [4.78, 5) is 11.1. The number of rotatable bonds is 5. The number of hydrogen-bond donors (Lipinski definition) is 2. The molecule has 142 valence electrons. The third-order valence-electron chi connectivity index (χ3n) is 4.72. The summed E-state index contributed by atoms with van der Waals surface area (Å²) in [6.07, 6.45) is 0.570. The average Bonchev–Trinajstić information content (AvgIpc) is 3.09. The highest BCUT2D eigenvalue weighted by Crippen LogP contribution is 2.38. The average molecular weight is 389 g/mol. The first-order valence-electron chi connectivity index (χ1n) is 8.99. The maximum atomic E-state index is 14.5. The van der Waals surface area contributed by atoms with E-state index in [9.17, 15) is 8.78 Å². The van der Waals surface area contributed by atoms with Gasteiger partial charge in [-0.25, -0.2) is 13.8 Å². The summed E-state index contributed by atoms with van der Waals surface area (Å²) in [5.41, 5.74) is 7.11. The molecule has 0 spiro atoms. The van der Waals surface area contributed by atoms with Crippen LogP contribution >= 0.6 is 11.3 Å². The van der Waals surface area contributed by atoms with Crippen molar-refractivity contribution in [1.29, 1.82) is 0 Å². The van der Waals surface area contributed by atoms with E-state index in [0.717, 1.165) is 22.5 Å². The Morgan fingerprint density at radius 3 is 2.93 bits per heavy atom. The maximum Gasteiger partial charge on any atom is 0.275 e. The summed E-state index contributed by atoms with van der Waals surface area (Å²) in [6, 6.07) is 8.66. The highest BCUT2D eigenvalue weighted by molar-refractivity contribution is 7.17. The molecule has 1 aromatic carbocycles. The van der Waals surface area contributed by atoms with Crippen molar-refractivity contribution in [3.05, 3.63) is 46.8 Å². The number of thiophene rings is 1. The molecule has 0 bridgehead atoms. The van der Waals surface area contributed by atoms with Crippen molar-refractivity contribution in [3.8, 4) is 0 Å². The van der Waals surface area contributed by atoms with Crippen LogP contribution in [0.25, 0.3) is 10.2 Å². The van der Waals surface area contributed by atoms with Crippen LogP contribution in [0.5, 0.6) is 0 Å². The van der Waals surface area contributed by atoms with E-state index >= 15 is 0 Å². The zero-order chi connectivity index (χ0) is 18.9. The lowest BCUT2D eigenvalue weighted by molar-refractivity contribution is -0.00969. The van der Waals surface area contributed by atoms with E-state index < -0.39 is 5.92 Å². The summed E-state index contributed by atoms with van der Waals surface area (Å²) in [5, 5.41) is 5.27. The van der Waals surface area contributed by atoms with Crippen molar-refractivity contribution in [2.75, 3.05) is 29.9 Å². The fourth-order valence-electron chi connectivity index (χ4n) is 3.30. The van der Waals surface area contributed by atoms with Crippen LogP contribution in [-0.2, 0) is 12.5 Å². The quantitative estimate of drug-likeness (QED) is 0.647. The molecule has 0 aliphatic carbocycles. The van der Waals surface area contributed by atoms with E-state index in [2.05, 4.69) is 15.3 Å². The molecule has 0 amide bonds. The minimum atomic E-state index is -2.85. The van der Waals surface area contributed by atoms with Crippen molar-refractivity contribution in [1.82, 2.24) is 9.97 Å². The number of anilines is 2. The Labute approximate surface area is 160 Å². The van der Waals surface area contributed by atoms with E-state index in [1.54, 1.807) is 29.5 Å². The van der Waals surface area contributed by atoms with Crippen molar-refractivity contribution < 1.29 is 8.78 Å². The van der Waals surface area contributed by atoms with Gasteiger partial charge in [0.15, 0.2) is 0 Å². The first-order chi connectivity index (χ1) is 13.1. The van der Waals surface area contributed by atoms with Gasteiger partial charge < -0.3 is 16.0 Å². The monoisotopic (exact) mass is 389 g/mol. The Bertz CT molecular complexity index is 943. The Morgan fingerprint density at radius 1 is 1.22 bits per heavy atom. The molecule has 0 saturated carbocycles. The number of nitrogens with zero attached hydrogens (tertiary/aromatic N) is 3. The highest BCUT2D eigenvalue weighted by atomic mass is 32.1. The van der Waals surface area contributed by atoms with E-state index in [1.807, 2.05) is 16.3 Å². The SMILES string of the molecule is NCCCNc1nc(N2CCC(F)(F)c3ccccc3C2)nc2ccsc12. The van der Waals surface area contributed by atoms with Crippen molar-refractivity contribution >= 4 is 33.3 Å². The largest absolute Gasteiger partial charge is 0.369 e. The molecule has 5 nitrogen and oxygen atoms in total. The Morgan fingerprint density at radius 2 is 2.07 bits per heavy atom. The third kappa shape index (κ3) is 3.59. The van der Waals surface area contributed by atoms with Crippen LogP contribution < -0.4 is 16.0 Å². The summed E-state index contributed by atoms with van der Waals surface area (Å²) in [5.74, 6) is -1.63. The minimum Gasteiger partial charge on any atom is -0.369 e. The van der Waals surface area contributed by atoms with Crippen LogP contribution in [0.15, 0.2) is 35.7 Å². The van der Waals surface area contributed by atoms with Crippen LogP contribution in [0, 0.1) is 0 Å². The molecule has 3 heterocycles. The van der Waals surface area contributed by atoms with Gasteiger partial charge >= 0.3 is 0 Å². The van der Waals surface area contributed by atoms with Crippen molar-refractivity contribution in [2.24, 2.45) is 5.73 Å². The molecule has 0 unspecified atom stereocenters. The second-order valence-corrected chi connectivity index (χ2v) is 7.53. The zero-order valence-electron chi connectivity index (χ0n) is 14.8. The van der Waals surface area contributed by atoms with Crippen LogP contribution in [-0.4, -0.2) is 29.6 Å². The smallest absolute Gasteiger partial charge is 0.275 e. The summed E-state index contributed by atoms with van der Waals surface area (Å²) >= 11 is 1.56. The molecule has 0 atom stereocenters. The highest BCUT2D eigenvalue weighted by Gasteiger charge is 2.37. The zero-order valence-corrected chi connectivity index (χ0v) is 15.6. The number of halogens is 2. The van der Waals surface area contributed by atoms with Crippen LogP contribution in [0.1, 0.15) is 24.0 Å². The number of aromatic nitrogens is 2. The summed E-state index contributed by atoms with van der Waals surface area (Å²) in [6.45, 7) is 1.86. The second-order valence-electron chi connectivity index (χ2n) is 6.61.